The van der Waals surface area contributed by atoms with Crippen LogP contribution in [-0.4, -0.2) is 35.6 Å². The number of likely N-dealkylation sites (N-methyl/N-ethyl adjacent to an activating group) is 1. The van der Waals surface area contributed by atoms with Gasteiger partial charge in [-0.1, -0.05) is 19.7 Å². The molecule has 0 aromatic rings. The lowest BCUT2D eigenvalue weighted by Crippen LogP contribution is -2.32. The maximum Gasteiger partial charge on any atom is 0.240 e. The Hall–Kier alpha value is -2.18. The first kappa shape index (κ1) is 17.8. The number of hydrogen-bond donors (Lipinski definition) is 3. The Labute approximate surface area is 119 Å². The van der Waals surface area contributed by atoms with Crippen molar-refractivity contribution in [3.05, 3.63) is 49.0 Å². The molecule has 0 atom stereocenters. The molecule has 0 rings (SSSR count). The SMILES string of the molecule is C=CC(=C)/N=C(\C)N/C(C)=C/C(=C)NC(=O)CN(C)O. The maximum atomic E-state index is 11.4. The van der Waals surface area contributed by atoms with Gasteiger partial charge in [-0.05, 0) is 26.0 Å². The van der Waals surface area contributed by atoms with Gasteiger partial charge in [-0.2, -0.15) is 5.06 Å². The van der Waals surface area contributed by atoms with Gasteiger partial charge in [-0.3, -0.25) is 4.79 Å². The topological polar surface area (TPSA) is 77.0 Å². The minimum Gasteiger partial charge on any atom is -0.348 e. The summed E-state index contributed by atoms with van der Waals surface area (Å²) in [6.07, 6.45) is 3.21. The fraction of sp³-hybridized carbons (Fsp3) is 0.286. The van der Waals surface area contributed by atoms with Crippen LogP contribution in [0.4, 0.5) is 0 Å². The number of hydrogen-bond acceptors (Lipinski definition) is 4. The monoisotopic (exact) mass is 278 g/mol. The van der Waals surface area contributed by atoms with Crippen molar-refractivity contribution in [1.82, 2.24) is 15.7 Å². The van der Waals surface area contributed by atoms with E-state index in [9.17, 15) is 4.79 Å². The van der Waals surface area contributed by atoms with Crippen molar-refractivity contribution in [1.29, 1.82) is 0 Å². The lowest BCUT2D eigenvalue weighted by molar-refractivity contribution is -0.132. The van der Waals surface area contributed by atoms with Gasteiger partial charge in [-0.15, -0.1) is 0 Å². The summed E-state index contributed by atoms with van der Waals surface area (Å²) in [5.41, 5.74) is 1.73. The molecule has 0 aliphatic carbocycles. The summed E-state index contributed by atoms with van der Waals surface area (Å²) in [5, 5.41) is 15.3. The van der Waals surface area contributed by atoms with E-state index in [1.807, 2.05) is 6.92 Å². The Bertz CT molecular complexity index is 462. The molecular formula is C14H22N4O2. The highest BCUT2D eigenvalue weighted by Crippen LogP contribution is 1.97. The zero-order chi connectivity index (χ0) is 15.7. The summed E-state index contributed by atoms with van der Waals surface area (Å²) in [5.74, 6) is 0.298. The van der Waals surface area contributed by atoms with Gasteiger partial charge in [0, 0.05) is 18.4 Å². The molecule has 0 spiro atoms. The second-order valence-electron chi connectivity index (χ2n) is 4.23. The van der Waals surface area contributed by atoms with E-state index in [0.717, 1.165) is 10.8 Å². The quantitative estimate of drug-likeness (QED) is 0.286. The minimum absolute atomic E-state index is 0.126. The number of amides is 1. The van der Waals surface area contributed by atoms with E-state index in [2.05, 4.69) is 35.4 Å². The van der Waals surface area contributed by atoms with Crippen molar-refractivity contribution in [2.75, 3.05) is 13.6 Å². The fourth-order valence-electron chi connectivity index (χ4n) is 1.33. The number of carbonyl (C=O) groups is 1. The lowest BCUT2D eigenvalue weighted by Gasteiger charge is -2.10. The molecule has 0 aromatic heterocycles. The van der Waals surface area contributed by atoms with Crippen LogP contribution in [0.3, 0.4) is 0 Å². The first-order chi connectivity index (χ1) is 9.24. The van der Waals surface area contributed by atoms with E-state index >= 15 is 0 Å². The Kier molecular flexibility index (Phi) is 7.88. The van der Waals surface area contributed by atoms with Gasteiger partial charge in [0.2, 0.25) is 5.91 Å². The van der Waals surface area contributed by atoms with Crippen LogP contribution in [-0.2, 0) is 4.79 Å². The van der Waals surface area contributed by atoms with Crippen molar-refractivity contribution >= 4 is 11.7 Å². The molecule has 20 heavy (non-hydrogen) atoms. The summed E-state index contributed by atoms with van der Waals surface area (Å²) in [7, 11) is 1.39. The third-order valence-electron chi connectivity index (χ3n) is 1.99. The van der Waals surface area contributed by atoms with Gasteiger partial charge in [0.15, 0.2) is 0 Å². The zero-order valence-corrected chi connectivity index (χ0v) is 12.2. The third kappa shape index (κ3) is 8.84. The summed E-state index contributed by atoms with van der Waals surface area (Å²) in [6, 6.07) is 0. The predicted molar refractivity (Wildman–Crippen MR) is 81.0 cm³/mol. The van der Waals surface area contributed by atoms with Crippen LogP contribution in [0.1, 0.15) is 13.8 Å². The molecule has 6 heteroatoms. The molecule has 0 fully saturated rings. The van der Waals surface area contributed by atoms with Gasteiger partial charge in [0.05, 0.1) is 5.70 Å². The normalized spacial score (nSPS) is 12.1. The van der Waals surface area contributed by atoms with Crippen LogP contribution < -0.4 is 10.6 Å². The van der Waals surface area contributed by atoms with Crippen LogP contribution >= 0.6 is 0 Å². The molecular weight excluding hydrogens is 256 g/mol. The molecule has 6 nitrogen and oxygen atoms in total. The number of nitrogens with zero attached hydrogens (tertiary/aromatic N) is 2. The molecule has 0 saturated carbocycles. The van der Waals surface area contributed by atoms with E-state index in [4.69, 9.17) is 5.21 Å². The van der Waals surface area contributed by atoms with E-state index in [1.54, 1.807) is 19.1 Å². The molecule has 110 valence electrons. The molecule has 0 saturated heterocycles. The van der Waals surface area contributed by atoms with E-state index in [1.165, 1.54) is 7.05 Å². The molecule has 0 aliphatic rings. The van der Waals surface area contributed by atoms with Gasteiger partial charge in [0.1, 0.15) is 12.4 Å². The van der Waals surface area contributed by atoms with Crippen molar-refractivity contribution < 1.29 is 10.0 Å². The first-order valence-electron chi connectivity index (χ1n) is 5.95. The molecule has 0 bridgehead atoms. The number of allylic oxidation sites excluding steroid dienone is 3. The number of hydroxylamine groups is 2. The largest absolute Gasteiger partial charge is 0.348 e. The van der Waals surface area contributed by atoms with Crippen LogP contribution in [0.15, 0.2) is 54.0 Å². The Morgan fingerprint density at radius 2 is 1.95 bits per heavy atom. The van der Waals surface area contributed by atoms with E-state index in [0.29, 0.717) is 17.2 Å². The molecule has 3 N–H and O–H groups in total. The molecule has 1 amide bonds. The number of rotatable bonds is 7. The fourth-order valence-corrected chi connectivity index (χ4v) is 1.33. The highest BCUT2D eigenvalue weighted by molar-refractivity contribution is 5.82. The van der Waals surface area contributed by atoms with Crippen molar-refractivity contribution in [2.24, 2.45) is 4.99 Å². The zero-order valence-electron chi connectivity index (χ0n) is 12.2. The highest BCUT2D eigenvalue weighted by Gasteiger charge is 2.04. The Balaban J connectivity index is 4.47. The molecule has 0 aromatic carbocycles. The number of aliphatic imine (C=N–C) groups is 1. The van der Waals surface area contributed by atoms with Crippen molar-refractivity contribution in [3.63, 3.8) is 0 Å². The molecule has 0 unspecified atom stereocenters. The smallest absolute Gasteiger partial charge is 0.240 e. The predicted octanol–water partition coefficient (Wildman–Crippen LogP) is 1.55. The van der Waals surface area contributed by atoms with Gasteiger partial charge < -0.3 is 15.8 Å². The van der Waals surface area contributed by atoms with Gasteiger partial charge >= 0.3 is 0 Å². The minimum atomic E-state index is -0.352. The maximum absolute atomic E-state index is 11.4. The van der Waals surface area contributed by atoms with Gasteiger partial charge in [-0.25, -0.2) is 4.99 Å². The number of carbonyl (C=O) groups excluding carboxylic acids is 1. The van der Waals surface area contributed by atoms with Crippen molar-refractivity contribution in [3.8, 4) is 0 Å². The van der Waals surface area contributed by atoms with Crippen LogP contribution in [0.25, 0.3) is 0 Å². The molecule has 0 heterocycles. The summed E-state index contributed by atoms with van der Waals surface area (Å²) in [4.78, 5) is 15.5. The standard InChI is InChI=1S/C14H22N4O2/c1-7-10(2)15-13(5)16-11(3)8-12(4)17-14(19)9-18(6)20/h7-8,20H,1-2,4,9H2,3,5-6H3,(H,15,16)(H,17,19)/b11-8+. The summed E-state index contributed by atoms with van der Waals surface area (Å²) < 4.78 is 0. The van der Waals surface area contributed by atoms with Crippen LogP contribution in [0.2, 0.25) is 0 Å². The highest BCUT2D eigenvalue weighted by atomic mass is 16.5. The molecule has 0 aliphatic heterocycles. The number of amidine groups is 1. The third-order valence-corrected chi connectivity index (χ3v) is 1.99. The van der Waals surface area contributed by atoms with Crippen LogP contribution in [0, 0.1) is 0 Å². The Morgan fingerprint density at radius 3 is 2.45 bits per heavy atom. The second-order valence-corrected chi connectivity index (χ2v) is 4.23. The first-order valence-corrected chi connectivity index (χ1v) is 5.95. The average Bonchev–Trinajstić information content (AvgIpc) is 2.26. The molecule has 0 radical (unpaired) electrons. The Morgan fingerprint density at radius 1 is 1.35 bits per heavy atom. The van der Waals surface area contributed by atoms with Crippen LogP contribution in [0.5, 0.6) is 0 Å². The average molecular weight is 278 g/mol. The summed E-state index contributed by atoms with van der Waals surface area (Å²) >= 11 is 0. The van der Waals surface area contributed by atoms with E-state index < -0.39 is 0 Å². The second kappa shape index (κ2) is 8.84. The van der Waals surface area contributed by atoms with E-state index in [-0.39, 0.29) is 12.5 Å². The lowest BCUT2D eigenvalue weighted by atomic mass is 10.3. The number of nitrogens with one attached hydrogen (secondary N) is 2. The summed E-state index contributed by atoms with van der Waals surface area (Å²) in [6.45, 7) is 14.4. The van der Waals surface area contributed by atoms with Crippen molar-refractivity contribution in [2.45, 2.75) is 13.8 Å². The van der Waals surface area contributed by atoms with Gasteiger partial charge in [0.25, 0.3) is 0 Å².